The molecule has 22 heavy (non-hydrogen) atoms. The number of aliphatic hydroxyl groups excluding tert-OH is 3. The molecule has 0 unspecified atom stereocenters. The Balaban J connectivity index is 1.97. The van der Waals surface area contributed by atoms with Gasteiger partial charge in [0.25, 0.3) is 0 Å². The minimum atomic E-state index is -1.17. The van der Waals surface area contributed by atoms with Crippen LogP contribution < -0.4 is 0 Å². The molecule has 2 aromatic heterocycles. The smallest absolute Gasteiger partial charge is 0.166 e. The van der Waals surface area contributed by atoms with Crippen molar-refractivity contribution in [3.63, 3.8) is 0 Å². The third kappa shape index (κ3) is 2.50. The number of hydrogen-bond acceptors (Lipinski definition) is 8. The third-order valence-corrected chi connectivity index (χ3v) is 4.43. The summed E-state index contributed by atoms with van der Waals surface area (Å²) in [5.74, 6) is 0.687. The van der Waals surface area contributed by atoms with E-state index >= 15 is 0 Å². The summed E-state index contributed by atoms with van der Waals surface area (Å²) in [7, 11) is 0. The van der Waals surface area contributed by atoms with Crippen molar-refractivity contribution >= 4 is 22.9 Å². The predicted octanol–water partition coefficient (Wildman–Crippen LogP) is -0.284. The Labute approximate surface area is 130 Å². The quantitative estimate of drug-likeness (QED) is 0.391. The first kappa shape index (κ1) is 15.4. The molecule has 0 radical (unpaired) electrons. The van der Waals surface area contributed by atoms with Gasteiger partial charge in [0, 0.05) is 5.75 Å². The molecule has 9 heteroatoms. The first-order valence-corrected chi connectivity index (χ1v) is 7.69. The molecule has 0 aliphatic carbocycles. The van der Waals surface area contributed by atoms with Crippen molar-refractivity contribution in [2.75, 3.05) is 12.4 Å². The van der Waals surface area contributed by atoms with Crippen LogP contribution in [0.4, 0.5) is 0 Å². The maximum absolute atomic E-state index is 10.1. The highest BCUT2D eigenvalue weighted by molar-refractivity contribution is 7.99. The average Bonchev–Trinajstić information content (AvgIpc) is 3.08. The summed E-state index contributed by atoms with van der Waals surface area (Å²) < 4.78 is 7.04. The van der Waals surface area contributed by atoms with Gasteiger partial charge in [0.2, 0.25) is 0 Å². The van der Waals surface area contributed by atoms with E-state index in [1.165, 1.54) is 24.4 Å². The fraction of sp³-hybridized carbons (Fsp3) is 0.462. The van der Waals surface area contributed by atoms with Gasteiger partial charge in [-0.05, 0) is 0 Å². The highest BCUT2D eigenvalue weighted by atomic mass is 32.2. The molecular weight excluding hydrogens is 308 g/mol. The molecule has 3 N–H and O–H groups in total. The van der Waals surface area contributed by atoms with Crippen LogP contribution in [0.15, 0.2) is 30.3 Å². The summed E-state index contributed by atoms with van der Waals surface area (Å²) in [5, 5.41) is 29.8. The molecule has 0 spiro atoms. The first-order chi connectivity index (χ1) is 10.7. The highest BCUT2D eigenvalue weighted by Gasteiger charge is 2.43. The van der Waals surface area contributed by atoms with Crippen LogP contribution >= 0.6 is 11.8 Å². The van der Waals surface area contributed by atoms with Gasteiger partial charge in [-0.15, -0.1) is 6.58 Å². The van der Waals surface area contributed by atoms with Crippen molar-refractivity contribution < 1.29 is 20.1 Å². The standard InChI is InChI=1S/C13H16N4O4S/c1-2-3-22-12-8-11(14-5-15-12)17(6-16-8)13-10(20)9(19)7(4-18)21-13/h2,5-7,9-10,13,18-20H,1,3-4H2/t7-,9+,10+,13-/m0/s1. The maximum Gasteiger partial charge on any atom is 0.166 e. The van der Waals surface area contributed by atoms with Crippen molar-refractivity contribution in [1.82, 2.24) is 19.5 Å². The summed E-state index contributed by atoms with van der Waals surface area (Å²) >= 11 is 1.47. The minimum Gasteiger partial charge on any atom is -0.394 e. The SMILES string of the molecule is C=CCSc1ncnc2c1ncn2[C@H]1O[C@@H](CO)[C@@H](O)[C@H]1O. The first-order valence-electron chi connectivity index (χ1n) is 6.71. The molecule has 3 rings (SSSR count). The zero-order valence-electron chi connectivity index (χ0n) is 11.6. The molecule has 2 aromatic rings. The Hall–Kier alpha value is -1.52. The summed E-state index contributed by atoms with van der Waals surface area (Å²) in [6.07, 6.45) is 0.628. The molecule has 1 fully saturated rings. The van der Waals surface area contributed by atoms with E-state index in [2.05, 4.69) is 21.5 Å². The lowest BCUT2D eigenvalue weighted by molar-refractivity contribution is -0.0511. The molecule has 118 valence electrons. The van der Waals surface area contributed by atoms with Crippen LogP contribution in [0.3, 0.4) is 0 Å². The highest BCUT2D eigenvalue weighted by Crippen LogP contribution is 2.32. The van der Waals surface area contributed by atoms with Crippen LogP contribution in [0, 0.1) is 0 Å². The van der Waals surface area contributed by atoms with Crippen molar-refractivity contribution in [3.05, 3.63) is 25.3 Å². The van der Waals surface area contributed by atoms with Crippen LogP contribution in [-0.4, -0.2) is 65.5 Å². The monoisotopic (exact) mass is 324 g/mol. The van der Waals surface area contributed by atoms with E-state index in [0.29, 0.717) is 21.9 Å². The number of aliphatic hydroxyl groups is 3. The van der Waals surface area contributed by atoms with Gasteiger partial charge in [-0.3, -0.25) is 4.57 Å². The predicted molar refractivity (Wildman–Crippen MR) is 79.3 cm³/mol. The molecule has 1 saturated heterocycles. The molecule has 3 heterocycles. The number of imidazole rings is 1. The second kappa shape index (κ2) is 6.31. The molecule has 1 aliphatic rings. The van der Waals surface area contributed by atoms with Crippen molar-refractivity contribution in [2.24, 2.45) is 0 Å². The largest absolute Gasteiger partial charge is 0.394 e. The zero-order valence-corrected chi connectivity index (χ0v) is 12.4. The Bertz CT molecular complexity index is 679. The number of aromatic nitrogens is 4. The van der Waals surface area contributed by atoms with Crippen molar-refractivity contribution in [3.8, 4) is 0 Å². The van der Waals surface area contributed by atoms with Gasteiger partial charge in [0.05, 0.1) is 12.9 Å². The number of hydrogen-bond donors (Lipinski definition) is 3. The topological polar surface area (TPSA) is 114 Å². The van der Waals surface area contributed by atoms with E-state index in [0.717, 1.165) is 0 Å². The second-order valence-electron chi connectivity index (χ2n) is 4.83. The third-order valence-electron chi connectivity index (χ3n) is 3.45. The number of rotatable bonds is 5. The minimum absolute atomic E-state index is 0.378. The van der Waals surface area contributed by atoms with Gasteiger partial charge in [-0.25, -0.2) is 15.0 Å². The molecule has 1 aliphatic heterocycles. The molecule has 0 saturated carbocycles. The number of fused-ring (bicyclic) bond motifs is 1. The van der Waals surface area contributed by atoms with Gasteiger partial charge < -0.3 is 20.1 Å². The van der Waals surface area contributed by atoms with Gasteiger partial charge in [0.1, 0.15) is 35.2 Å². The summed E-state index contributed by atoms with van der Waals surface area (Å²) in [6, 6.07) is 0. The van der Waals surface area contributed by atoms with E-state index < -0.39 is 24.5 Å². The summed E-state index contributed by atoms with van der Waals surface area (Å²) in [6.45, 7) is 3.29. The molecule has 4 atom stereocenters. The van der Waals surface area contributed by atoms with Crippen LogP contribution in [0.2, 0.25) is 0 Å². The summed E-state index contributed by atoms with van der Waals surface area (Å²) in [4.78, 5) is 12.6. The lowest BCUT2D eigenvalue weighted by Gasteiger charge is -2.16. The normalized spacial score (nSPS) is 28.3. The number of ether oxygens (including phenoxy) is 1. The Kier molecular flexibility index (Phi) is 4.41. The molecule has 0 bridgehead atoms. The fourth-order valence-corrected chi connectivity index (χ4v) is 3.05. The van der Waals surface area contributed by atoms with Gasteiger partial charge >= 0.3 is 0 Å². The van der Waals surface area contributed by atoms with Gasteiger partial charge in [-0.2, -0.15) is 0 Å². The lowest BCUT2D eigenvalue weighted by atomic mass is 10.1. The Morgan fingerprint density at radius 2 is 2.14 bits per heavy atom. The van der Waals surface area contributed by atoms with E-state index in [1.54, 1.807) is 10.6 Å². The van der Waals surface area contributed by atoms with Crippen molar-refractivity contribution in [1.29, 1.82) is 0 Å². The van der Waals surface area contributed by atoms with E-state index in [-0.39, 0.29) is 6.61 Å². The summed E-state index contributed by atoms with van der Waals surface area (Å²) in [5.41, 5.74) is 1.09. The zero-order chi connectivity index (χ0) is 15.7. The van der Waals surface area contributed by atoms with E-state index in [9.17, 15) is 10.2 Å². The van der Waals surface area contributed by atoms with Crippen LogP contribution in [0.5, 0.6) is 0 Å². The van der Waals surface area contributed by atoms with Crippen LogP contribution in [0.1, 0.15) is 6.23 Å². The van der Waals surface area contributed by atoms with Crippen LogP contribution in [0.25, 0.3) is 11.2 Å². The lowest BCUT2D eigenvalue weighted by Crippen LogP contribution is -2.33. The fourth-order valence-electron chi connectivity index (χ4n) is 2.37. The number of nitrogens with zero attached hydrogens (tertiary/aromatic N) is 4. The van der Waals surface area contributed by atoms with Crippen LogP contribution in [-0.2, 0) is 4.74 Å². The molecule has 0 aromatic carbocycles. The van der Waals surface area contributed by atoms with Crippen molar-refractivity contribution in [2.45, 2.75) is 29.6 Å². The average molecular weight is 324 g/mol. The van der Waals surface area contributed by atoms with Gasteiger partial charge in [-0.1, -0.05) is 17.8 Å². The second-order valence-corrected chi connectivity index (χ2v) is 5.84. The number of thioether (sulfide) groups is 1. The Morgan fingerprint density at radius 1 is 1.32 bits per heavy atom. The molecule has 0 amide bonds. The molecular formula is C13H16N4O4S. The van der Waals surface area contributed by atoms with E-state index in [1.807, 2.05) is 0 Å². The Morgan fingerprint density at radius 3 is 2.82 bits per heavy atom. The van der Waals surface area contributed by atoms with E-state index in [4.69, 9.17) is 9.84 Å². The molecule has 8 nitrogen and oxygen atoms in total. The van der Waals surface area contributed by atoms with Gasteiger partial charge in [0.15, 0.2) is 11.9 Å². The maximum atomic E-state index is 10.1.